The first-order chi connectivity index (χ1) is 8.76. The van der Waals surface area contributed by atoms with Crippen molar-refractivity contribution >= 4 is 23.1 Å². The average Bonchev–Trinajstić information content (AvgIpc) is 2.42. The maximum Gasteiger partial charge on any atom is 0.132 e. The molecule has 0 N–H and O–H groups in total. The molecule has 0 saturated heterocycles. The van der Waals surface area contributed by atoms with Gasteiger partial charge in [-0.2, -0.15) is 0 Å². The Balaban J connectivity index is 2.36. The molecule has 0 aliphatic carbocycles. The van der Waals surface area contributed by atoms with Gasteiger partial charge in [0.15, 0.2) is 0 Å². The van der Waals surface area contributed by atoms with Crippen LogP contribution in [0.3, 0.4) is 0 Å². The minimum absolute atomic E-state index is 0.504. The lowest BCUT2D eigenvalue weighted by Gasteiger charge is -2.24. The summed E-state index contributed by atoms with van der Waals surface area (Å²) in [6, 6.07) is 12.4. The van der Waals surface area contributed by atoms with Crippen molar-refractivity contribution in [3.8, 4) is 0 Å². The molecule has 0 amide bonds. The van der Waals surface area contributed by atoms with Gasteiger partial charge in [-0.1, -0.05) is 24.3 Å². The predicted octanol–water partition coefficient (Wildman–Crippen LogP) is 4.29. The first kappa shape index (κ1) is 12.9. The quantitative estimate of drug-likeness (QED) is 0.763. The van der Waals surface area contributed by atoms with Gasteiger partial charge in [-0.05, 0) is 37.1 Å². The summed E-state index contributed by atoms with van der Waals surface area (Å²) < 4.78 is 0. The van der Waals surface area contributed by atoms with Gasteiger partial charge in [-0.25, -0.2) is 4.98 Å². The maximum absolute atomic E-state index is 5.78. The lowest BCUT2D eigenvalue weighted by molar-refractivity contribution is 0.979. The van der Waals surface area contributed by atoms with E-state index >= 15 is 0 Å². The molecule has 2 nitrogen and oxygen atoms in total. The Bertz CT molecular complexity index is 508. The second-order valence-corrected chi connectivity index (χ2v) is 4.46. The largest absolute Gasteiger partial charge is 0.326 e. The Hall–Kier alpha value is -1.54. The summed E-state index contributed by atoms with van der Waals surface area (Å²) >= 11 is 5.78. The third-order valence-electron chi connectivity index (χ3n) is 2.96. The van der Waals surface area contributed by atoms with Crippen molar-refractivity contribution in [2.24, 2.45) is 0 Å². The van der Waals surface area contributed by atoms with Crippen LogP contribution < -0.4 is 4.90 Å². The Kier molecular flexibility index (Phi) is 4.21. The summed E-state index contributed by atoms with van der Waals surface area (Å²) in [7, 11) is 0. The number of rotatable bonds is 4. The molecule has 3 heteroatoms. The van der Waals surface area contributed by atoms with E-state index in [2.05, 4.69) is 48.0 Å². The summed E-state index contributed by atoms with van der Waals surface area (Å²) in [5.74, 6) is 1.46. The third-order valence-corrected chi connectivity index (χ3v) is 3.27. The number of anilines is 2. The van der Waals surface area contributed by atoms with Crippen LogP contribution >= 0.6 is 11.6 Å². The van der Waals surface area contributed by atoms with E-state index in [1.807, 2.05) is 18.3 Å². The van der Waals surface area contributed by atoms with E-state index < -0.39 is 0 Å². The fraction of sp³-hybridized carbons (Fsp3) is 0.267. The standard InChI is InChI=1S/C15H17ClN2/c1-3-18(14-7-5-4-6-12(14)2)15-9-8-13(10-16)11-17-15/h4-9,11H,3,10H2,1-2H3. The van der Waals surface area contributed by atoms with Crippen LogP contribution in [0, 0.1) is 6.92 Å². The van der Waals surface area contributed by atoms with Crippen LogP contribution in [0.25, 0.3) is 0 Å². The molecule has 0 saturated carbocycles. The van der Waals surface area contributed by atoms with Gasteiger partial charge in [0, 0.05) is 24.3 Å². The van der Waals surface area contributed by atoms with Crippen LogP contribution in [0.15, 0.2) is 42.6 Å². The molecule has 18 heavy (non-hydrogen) atoms. The predicted molar refractivity (Wildman–Crippen MR) is 77.7 cm³/mol. The molecule has 0 aliphatic rings. The zero-order valence-electron chi connectivity index (χ0n) is 10.7. The lowest BCUT2D eigenvalue weighted by atomic mass is 10.2. The van der Waals surface area contributed by atoms with E-state index in [0.717, 1.165) is 17.9 Å². The van der Waals surface area contributed by atoms with Gasteiger partial charge in [-0.15, -0.1) is 11.6 Å². The molecule has 0 radical (unpaired) electrons. The van der Waals surface area contributed by atoms with Crippen molar-refractivity contribution in [3.05, 3.63) is 53.7 Å². The zero-order valence-corrected chi connectivity index (χ0v) is 11.5. The van der Waals surface area contributed by atoms with Gasteiger partial charge in [0.2, 0.25) is 0 Å². The van der Waals surface area contributed by atoms with E-state index in [1.54, 1.807) is 0 Å². The van der Waals surface area contributed by atoms with Crippen LogP contribution in [-0.2, 0) is 5.88 Å². The van der Waals surface area contributed by atoms with Gasteiger partial charge < -0.3 is 4.90 Å². The highest BCUT2D eigenvalue weighted by Gasteiger charge is 2.10. The normalized spacial score (nSPS) is 10.4. The van der Waals surface area contributed by atoms with Crippen molar-refractivity contribution in [2.75, 3.05) is 11.4 Å². The number of aromatic nitrogens is 1. The van der Waals surface area contributed by atoms with E-state index in [4.69, 9.17) is 11.6 Å². The number of nitrogens with zero attached hydrogens (tertiary/aromatic N) is 2. The topological polar surface area (TPSA) is 16.1 Å². The lowest BCUT2D eigenvalue weighted by Crippen LogP contribution is -2.18. The third kappa shape index (κ3) is 2.65. The maximum atomic E-state index is 5.78. The summed E-state index contributed by atoms with van der Waals surface area (Å²) in [5.41, 5.74) is 3.50. The van der Waals surface area contributed by atoms with Crippen molar-refractivity contribution in [3.63, 3.8) is 0 Å². The van der Waals surface area contributed by atoms with Gasteiger partial charge in [0.25, 0.3) is 0 Å². The second kappa shape index (κ2) is 5.87. The van der Waals surface area contributed by atoms with Crippen LogP contribution in [0.1, 0.15) is 18.1 Å². The molecule has 0 spiro atoms. The van der Waals surface area contributed by atoms with Gasteiger partial charge >= 0.3 is 0 Å². The van der Waals surface area contributed by atoms with Gasteiger partial charge in [0.05, 0.1) is 0 Å². The molecule has 2 rings (SSSR count). The Morgan fingerprint density at radius 1 is 1.17 bits per heavy atom. The van der Waals surface area contributed by atoms with Crippen LogP contribution in [-0.4, -0.2) is 11.5 Å². The van der Waals surface area contributed by atoms with Crippen LogP contribution in [0.4, 0.5) is 11.5 Å². The molecule has 1 aromatic carbocycles. The molecule has 0 fully saturated rings. The van der Waals surface area contributed by atoms with Crippen molar-refractivity contribution < 1.29 is 0 Å². The summed E-state index contributed by atoms with van der Waals surface area (Å²) in [4.78, 5) is 6.68. The second-order valence-electron chi connectivity index (χ2n) is 4.19. The van der Waals surface area contributed by atoms with E-state index in [9.17, 15) is 0 Å². The Morgan fingerprint density at radius 2 is 1.94 bits per heavy atom. The molecule has 0 atom stereocenters. The van der Waals surface area contributed by atoms with Gasteiger partial charge in [0.1, 0.15) is 5.82 Å². The van der Waals surface area contributed by atoms with Gasteiger partial charge in [-0.3, -0.25) is 0 Å². The van der Waals surface area contributed by atoms with E-state index in [-0.39, 0.29) is 0 Å². The number of aryl methyl sites for hydroxylation is 1. The highest BCUT2D eigenvalue weighted by atomic mass is 35.5. The first-order valence-electron chi connectivity index (χ1n) is 6.10. The molecule has 94 valence electrons. The summed E-state index contributed by atoms with van der Waals surface area (Å²) in [6.45, 7) is 5.13. The molecule has 2 aromatic rings. The number of halogens is 1. The van der Waals surface area contributed by atoms with Crippen molar-refractivity contribution in [2.45, 2.75) is 19.7 Å². The monoisotopic (exact) mass is 260 g/mol. The Labute approximate surface area is 113 Å². The minimum Gasteiger partial charge on any atom is -0.326 e. The average molecular weight is 261 g/mol. The van der Waals surface area contributed by atoms with Crippen molar-refractivity contribution in [1.29, 1.82) is 0 Å². The SMILES string of the molecule is CCN(c1ccc(CCl)cn1)c1ccccc1C. The molecule has 0 aliphatic heterocycles. The fourth-order valence-electron chi connectivity index (χ4n) is 1.98. The molecular weight excluding hydrogens is 244 g/mol. The molecule has 1 heterocycles. The summed E-state index contributed by atoms with van der Waals surface area (Å²) in [6.07, 6.45) is 1.84. The smallest absolute Gasteiger partial charge is 0.132 e. The number of para-hydroxylation sites is 1. The number of hydrogen-bond acceptors (Lipinski definition) is 2. The van der Waals surface area contributed by atoms with E-state index in [0.29, 0.717) is 5.88 Å². The summed E-state index contributed by atoms with van der Waals surface area (Å²) in [5, 5.41) is 0. The highest BCUT2D eigenvalue weighted by molar-refractivity contribution is 6.17. The Morgan fingerprint density at radius 3 is 2.50 bits per heavy atom. The molecule has 1 aromatic heterocycles. The van der Waals surface area contributed by atoms with Crippen molar-refractivity contribution in [1.82, 2.24) is 4.98 Å². The highest BCUT2D eigenvalue weighted by Crippen LogP contribution is 2.26. The number of pyridine rings is 1. The van der Waals surface area contributed by atoms with Crippen LogP contribution in [0.5, 0.6) is 0 Å². The number of hydrogen-bond donors (Lipinski definition) is 0. The van der Waals surface area contributed by atoms with E-state index in [1.165, 1.54) is 11.3 Å². The molecule has 0 unspecified atom stereocenters. The number of alkyl halides is 1. The fourth-order valence-corrected chi connectivity index (χ4v) is 2.14. The molecular formula is C15H17ClN2. The van der Waals surface area contributed by atoms with Crippen LogP contribution in [0.2, 0.25) is 0 Å². The minimum atomic E-state index is 0.504. The molecule has 0 bridgehead atoms. The zero-order chi connectivity index (χ0) is 13.0. The first-order valence-corrected chi connectivity index (χ1v) is 6.63. The number of benzene rings is 1.